The van der Waals surface area contributed by atoms with Gasteiger partial charge in [0.15, 0.2) is 0 Å². The Morgan fingerprint density at radius 2 is 1.86 bits per heavy atom. The average Bonchev–Trinajstić information content (AvgIpc) is 1.39. The number of carboxylic acid groups (broad SMARTS) is 1. The predicted octanol–water partition coefficient (Wildman–Crippen LogP) is -1.26. The molecule has 0 aromatic rings. The van der Waals surface area contributed by atoms with Gasteiger partial charge in [-0.25, -0.2) is 0 Å². The third-order valence-corrected chi connectivity index (χ3v) is 0. The van der Waals surface area contributed by atoms with Crippen LogP contribution in [0.5, 0.6) is 0 Å². The Morgan fingerprint density at radius 1 is 1.86 bits per heavy atom. The predicted molar refractivity (Wildman–Crippen MR) is 24.8 cm³/mol. The molecule has 0 amide bonds. The summed E-state index contributed by atoms with van der Waals surface area (Å²) in [5.74, 6) is 0. The number of carbonyl (C=O) groups is 1. The molecule has 0 saturated carbocycles. The molecule has 0 aliphatic carbocycles. The van der Waals surface area contributed by atoms with E-state index in [1.807, 2.05) is 0 Å². The summed E-state index contributed by atoms with van der Waals surface area (Å²) in [4.78, 5) is 8.25. The van der Waals surface area contributed by atoms with Gasteiger partial charge in [-0.1, -0.05) is 0 Å². The van der Waals surface area contributed by atoms with Crippen LogP contribution in [0.4, 0.5) is 0 Å². The average molecular weight is 109 g/mol. The number of aliphatic hydroxyl groups excluding tert-OH is 1. The van der Waals surface area contributed by atoms with Crippen LogP contribution >= 0.6 is 0 Å². The molecule has 0 aliphatic heterocycles. The Bertz CT molecular complexity index is 24.1. The molecule has 0 radical (unpaired) electrons. The molecule has 0 fully saturated rings. The minimum absolute atomic E-state index is 0. The summed E-state index contributed by atoms with van der Waals surface area (Å²) in [5, 5.41) is 15.8. The first kappa shape index (κ1) is 16.2. The van der Waals surface area contributed by atoms with Gasteiger partial charge in [-0.15, -0.1) is 0 Å². The third-order valence-electron chi connectivity index (χ3n) is 0. The van der Waals surface area contributed by atoms with Crippen LogP contribution in [0.25, 0.3) is 0 Å². The van der Waals surface area contributed by atoms with E-state index in [-0.39, 0.29) is 12.8 Å². The highest BCUT2D eigenvalue weighted by atomic mass is 16.3. The summed E-state index contributed by atoms with van der Waals surface area (Å²) in [6.07, 6.45) is 0. The molecule has 4 nitrogen and oxygen atoms in total. The standard InChI is InChI=1S/C2H6O.CH2O2.H3N/c1-2-3;2-1-3;/h3H,2H2,1H3;1H,(H,2,3);1H3. The van der Waals surface area contributed by atoms with Crippen molar-refractivity contribution in [2.75, 3.05) is 6.61 Å². The lowest BCUT2D eigenvalue weighted by atomic mass is 10.9. The van der Waals surface area contributed by atoms with E-state index >= 15 is 0 Å². The molecule has 0 saturated heterocycles. The van der Waals surface area contributed by atoms with Gasteiger partial charge in [0, 0.05) is 13.1 Å². The van der Waals surface area contributed by atoms with E-state index < -0.39 is 6.47 Å². The van der Waals surface area contributed by atoms with Gasteiger partial charge in [0.25, 0.3) is 0 Å². The minimum atomic E-state index is -0.500. The lowest BCUT2D eigenvalue weighted by Crippen LogP contribution is -2.01. The summed E-state index contributed by atoms with van der Waals surface area (Å²) in [7, 11) is 0. The van der Waals surface area contributed by atoms with Crippen LogP contribution < -0.4 is 11.3 Å². The third kappa shape index (κ3) is 166. The van der Waals surface area contributed by atoms with Gasteiger partial charge in [0.1, 0.15) is 0 Å². The molecule has 0 bridgehead atoms. The molecular weight excluding hydrogens is 98.0 g/mol. The first-order valence-corrected chi connectivity index (χ1v) is 1.49. The van der Waals surface area contributed by atoms with E-state index in [0.29, 0.717) is 0 Å². The lowest BCUT2D eigenvalue weighted by Gasteiger charge is -1.52. The molecule has 0 atom stereocenters. The van der Waals surface area contributed by atoms with Gasteiger partial charge in [0.2, 0.25) is 0 Å². The highest BCUT2D eigenvalue weighted by Gasteiger charge is 1.34. The molecule has 0 spiro atoms. The van der Waals surface area contributed by atoms with Gasteiger partial charge < -0.3 is 21.2 Å². The lowest BCUT2D eigenvalue weighted by molar-refractivity contribution is -0.283. The molecule has 0 aromatic carbocycles. The van der Waals surface area contributed by atoms with Gasteiger partial charge in [-0.2, -0.15) is 0 Å². The molecule has 0 unspecified atom stereocenters. The largest absolute Gasteiger partial charge is 0.554 e. The van der Waals surface area contributed by atoms with Gasteiger partial charge in [-0.05, 0) is 6.92 Å². The Hall–Kier alpha value is -0.610. The second kappa shape index (κ2) is 53.8. The minimum Gasteiger partial charge on any atom is -0.554 e. The topological polar surface area (TPSA) is 96.9 Å². The quantitative estimate of drug-likeness (QED) is 0.380. The number of quaternary nitrogens is 1. The van der Waals surface area contributed by atoms with Crippen molar-refractivity contribution >= 4 is 6.47 Å². The Balaban J connectivity index is -0.0000000400. The fourth-order valence-corrected chi connectivity index (χ4v) is 0. The monoisotopic (exact) mass is 109 g/mol. The van der Waals surface area contributed by atoms with Crippen molar-refractivity contribution < 1.29 is 15.0 Å². The smallest absolute Gasteiger partial charge is 0.0402 e. The normalized spacial score (nSPS) is 4.29. The van der Waals surface area contributed by atoms with Crippen LogP contribution in [0.2, 0.25) is 0 Å². The van der Waals surface area contributed by atoms with Crippen molar-refractivity contribution in [3.8, 4) is 0 Å². The molecule has 0 aliphatic rings. The van der Waals surface area contributed by atoms with Crippen LogP contribution in [0.3, 0.4) is 0 Å². The van der Waals surface area contributed by atoms with Gasteiger partial charge in [0.05, 0.1) is 0 Å². The highest BCUT2D eigenvalue weighted by Crippen LogP contribution is 1.30. The summed E-state index contributed by atoms with van der Waals surface area (Å²) in [5.41, 5.74) is 0. The fraction of sp³-hybridized carbons (Fsp3) is 0.667. The van der Waals surface area contributed by atoms with E-state index in [4.69, 9.17) is 15.0 Å². The van der Waals surface area contributed by atoms with Crippen molar-refractivity contribution in [2.45, 2.75) is 6.92 Å². The van der Waals surface area contributed by atoms with Crippen molar-refractivity contribution in [3.05, 3.63) is 0 Å². The van der Waals surface area contributed by atoms with Crippen LogP contribution in [-0.2, 0) is 4.79 Å². The zero-order valence-electron chi connectivity index (χ0n) is 4.55. The zero-order chi connectivity index (χ0) is 5.41. The van der Waals surface area contributed by atoms with Crippen molar-refractivity contribution in [1.82, 2.24) is 6.15 Å². The number of hydrogen-bond acceptors (Lipinski definition) is 3. The van der Waals surface area contributed by atoms with Crippen molar-refractivity contribution in [2.24, 2.45) is 0 Å². The Kier molecular flexibility index (Phi) is 124. The summed E-state index contributed by atoms with van der Waals surface area (Å²) >= 11 is 0. The summed E-state index contributed by atoms with van der Waals surface area (Å²) < 4.78 is 0. The maximum Gasteiger partial charge on any atom is 0.0402 e. The van der Waals surface area contributed by atoms with Crippen LogP contribution in [0.15, 0.2) is 0 Å². The molecule has 0 rings (SSSR count). The number of hydrogen-bond donors (Lipinski definition) is 2. The fourth-order valence-electron chi connectivity index (χ4n) is 0. The zero-order valence-corrected chi connectivity index (χ0v) is 4.55. The summed E-state index contributed by atoms with van der Waals surface area (Å²) in [6.45, 7) is 1.43. The number of aliphatic hydroxyl groups is 1. The van der Waals surface area contributed by atoms with E-state index in [9.17, 15) is 0 Å². The van der Waals surface area contributed by atoms with E-state index in [1.54, 1.807) is 6.92 Å². The van der Waals surface area contributed by atoms with Crippen LogP contribution in [0.1, 0.15) is 6.92 Å². The molecule has 4 heteroatoms. The Morgan fingerprint density at radius 3 is 1.86 bits per heavy atom. The first-order valence-electron chi connectivity index (χ1n) is 1.49. The highest BCUT2D eigenvalue weighted by molar-refractivity contribution is 5.29. The SMILES string of the molecule is CCO.O=C[O-].[NH4+]. The van der Waals surface area contributed by atoms with Gasteiger partial charge >= 0.3 is 0 Å². The van der Waals surface area contributed by atoms with Crippen molar-refractivity contribution in [1.29, 1.82) is 0 Å². The second-order valence-electron chi connectivity index (χ2n) is 0.412. The number of rotatable bonds is 0. The van der Waals surface area contributed by atoms with E-state index in [2.05, 4.69) is 0 Å². The van der Waals surface area contributed by atoms with Crippen LogP contribution in [-0.4, -0.2) is 18.2 Å². The van der Waals surface area contributed by atoms with Gasteiger partial charge in [-0.3, -0.25) is 0 Å². The first-order chi connectivity index (χ1) is 2.83. The Labute approximate surface area is 42.4 Å². The van der Waals surface area contributed by atoms with Crippen LogP contribution in [0, 0.1) is 0 Å². The molecule has 0 heterocycles. The van der Waals surface area contributed by atoms with Crippen molar-refractivity contribution in [3.63, 3.8) is 0 Å². The second-order valence-corrected chi connectivity index (χ2v) is 0.412. The number of carbonyl (C=O) groups excluding carboxylic acids is 1. The maximum absolute atomic E-state index is 8.25. The maximum atomic E-state index is 8.25. The van der Waals surface area contributed by atoms with E-state index in [1.165, 1.54) is 0 Å². The molecule has 46 valence electrons. The van der Waals surface area contributed by atoms with E-state index in [0.717, 1.165) is 0 Å². The molecular formula is C3H11NO3. The summed E-state index contributed by atoms with van der Waals surface area (Å²) in [6, 6.07) is 0. The molecule has 5 N–H and O–H groups in total. The molecule has 7 heavy (non-hydrogen) atoms. The molecule has 0 aromatic heterocycles.